The van der Waals surface area contributed by atoms with E-state index in [1.165, 1.54) is 0 Å². The van der Waals surface area contributed by atoms with Crippen LogP contribution in [0.25, 0.3) is 0 Å². The number of piperazine rings is 1. The molecule has 0 spiro atoms. The van der Waals surface area contributed by atoms with Crippen LogP contribution in [0.3, 0.4) is 0 Å². The molecule has 1 saturated heterocycles. The monoisotopic (exact) mass is 380 g/mol. The second-order valence-corrected chi connectivity index (χ2v) is 6.95. The molecule has 1 aliphatic rings. The molecule has 5 nitrogen and oxygen atoms in total. The minimum atomic E-state index is -0.125. The van der Waals surface area contributed by atoms with Crippen molar-refractivity contribution in [1.82, 2.24) is 4.90 Å². The van der Waals surface area contributed by atoms with Crippen LogP contribution >= 0.6 is 11.6 Å². The number of hydrogen-bond acceptors (Lipinski definition) is 4. The maximum absolute atomic E-state index is 12.3. The van der Waals surface area contributed by atoms with Gasteiger partial charge >= 0.3 is 5.97 Å². The van der Waals surface area contributed by atoms with Gasteiger partial charge in [-0.3, -0.25) is 9.59 Å². The van der Waals surface area contributed by atoms with E-state index in [0.717, 1.165) is 62.6 Å². The first-order valence-corrected chi connectivity index (χ1v) is 9.92. The van der Waals surface area contributed by atoms with Crippen LogP contribution in [0.5, 0.6) is 0 Å². The number of halogens is 1. The zero-order chi connectivity index (χ0) is 18.8. The molecule has 144 valence electrons. The van der Waals surface area contributed by atoms with Gasteiger partial charge in [-0.25, -0.2) is 0 Å². The lowest BCUT2D eigenvalue weighted by Crippen LogP contribution is -2.48. The zero-order valence-corrected chi connectivity index (χ0v) is 16.3. The molecule has 0 atom stereocenters. The average Bonchev–Trinajstić information content (AvgIpc) is 2.65. The molecule has 0 unspecified atom stereocenters. The molecule has 1 aromatic carbocycles. The van der Waals surface area contributed by atoms with Crippen molar-refractivity contribution in [2.24, 2.45) is 0 Å². The summed E-state index contributed by atoms with van der Waals surface area (Å²) < 4.78 is 4.90. The maximum atomic E-state index is 12.3. The Balaban J connectivity index is 1.60. The topological polar surface area (TPSA) is 49.9 Å². The standard InChI is InChI=1S/C20H29ClN2O3/c1-2-26-20(25)12-6-4-3-5-11-19(24)23-15-13-22(14-16-23)18-10-8-7-9-17(18)21/h7-10H,2-6,11-16H2,1H3. The van der Waals surface area contributed by atoms with E-state index in [1.54, 1.807) is 0 Å². The number of carbonyl (C=O) groups excluding carboxylic acids is 2. The molecule has 1 fully saturated rings. The third-order valence-corrected chi connectivity index (χ3v) is 4.97. The average molecular weight is 381 g/mol. The summed E-state index contributed by atoms with van der Waals surface area (Å²) in [6.45, 7) is 5.37. The summed E-state index contributed by atoms with van der Waals surface area (Å²) in [6, 6.07) is 7.84. The largest absolute Gasteiger partial charge is 0.466 e. The number of hydrogen-bond donors (Lipinski definition) is 0. The summed E-state index contributed by atoms with van der Waals surface area (Å²) in [4.78, 5) is 27.8. The zero-order valence-electron chi connectivity index (χ0n) is 15.6. The highest BCUT2D eigenvalue weighted by atomic mass is 35.5. The molecule has 0 aliphatic carbocycles. The van der Waals surface area contributed by atoms with Gasteiger partial charge in [-0.2, -0.15) is 0 Å². The third kappa shape index (κ3) is 6.52. The van der Waals surface area contributed by atoms with Gasteiger partial charge in [-0.1, -0.05) is 36.6 Å². The van der Waals surface area contributed by atoms with Crippen LogP contribution in [-0.4, -0.2) is 49.6 Å². The number of unbranched alkanes of at least 4 members (excludes halogenated alkanes) is 3. The Morgan fingerprint density at radius 2 is 1.65 bits per heavy atom. The van der Waals surface area contributed by atoms with E-state index in [4.69, 9.17) is 16.3 Å². The molecule has 0 saturated carbocycles. The van der Waals surface area contributed by atoms with Crippen molar-refractivity contribution in [1.29, 1.82) is 0 Å². The van der Waals surface area contributed by atoms with Crippen molar-refractivity contribution in [2.45, 2.75) is 45.4 Å². The van der Waals surface area contributed by atoms with Crippen molar-refractivity contribution in [3.63, 3.8) is 0 Å². The third-order valence-electron chi connectivity index (χ3n) is 4.65. The maximum Gasteiger partial charge on any atom is 0.305 e. The molecule has 0 bridgehead atoms. The van der Waals surface area contributed by atoms with Crippen molar-refractivity contribution >= 4 is 29.2 Å². The van der Waals surface area contributed by atoms with Gasteiger partial charge in [0.05, 0.1) is 17.3 Å². The molecule has 2 rings (SSSR count). The Morgan fingerprint density at radius 1 is 1.00 bits per heavy atom. The van der Waals surface area contributed by atoms with Gasteiger partial charge in [-0.05, 0) is 31.9 Å². The number of esters is 1. The lowest BCUT2D eigenvalue weighted by Gasteiger charge is -2.36. The molecule has 1 aromatic rings. The molecule has 6 heteroatoms. The van der Waals surface area contributed by atoms with E-state index in [9.17, 15) is 9.59 Å². The van der Waals surface area contributed by atoms with Crippen molar-refractivity contribution in [3.8, 4) is 0 Å². The lowest BCUT2D eigenvalue weighted by atomic mass is 10.1. The SMILES string of the molecule is CCOC(=O)CCCCCCC(=O)N1CCN(c2ccccc2Cl)CC1. The first-order valence-electron chi connectivity index (χ1n) is 9.54. The molecule has 1 heterocycles. The molecular formula is C20H29ClN2O3. The van der Waals surface area contributed by atoms with Gasteiger partial charge in [0.1, 0.15) is 0 Å². The summed E-state index contributed by atoms with van der Waals surface area (Å²) in [7, 11) is 0. The van der Waals surface area contributed by atoms with E-state index < -0.39 is 0 Å². The Labute approximate surface area is 161 Å². The summed E-state index contributed by atoms with van der Waals surface area (Å²) >= 11 is 6.25. The predicted octanol–water partition coefficient (Wildman–Crippen LogP) is 3.89. The van der Waals surface area contributed by atoms with E-state index >= 15 is 0 Å². The van der Waals surface area contributed by atoms with Crippen LogP contribution < -0.4 is 4.90 Å². The molecular weight excluding hydrogens is 352 g/mol. The molecule has 0 aromatic heterocycles. The Morgan fingerprint density at radius 3 is 2.31 bits per heavy atom. The quantitative estimate of drug-likeness (QED) is 0.481. The van der Waals surface area contributed by atoms with Gasteiger partial charge in [0, 0.05) is 39.0 Å². The Kier molecular flexibility index (Phi) is 8.75. The van der Waals surface area contributed by atoms with Gasteiger partial charge in [0.25, 0.3) is 0 Å². The molecule has 0 N–H and O–H groups in total. The number of anilines is 1. The number of nitrogens with zero attached hydrogens (tertiary/aromatic N) is 2. The summed E-state index contributed by atoms with van der Waals surface area (Å²) in [5, 5.41) is 0.759. The fourth-order valence-electron chi connectivity index (χ4n) is 3.20. The minimum Gasteiger partial charge on any atom is -0.466 e. The lowest BCUT2D eigenvalue weighted by molar-refractivity contribution is -0.143. The number of ether oxygens (including phenoxy) is 1. The molecule has 1 amide bonds. The highest BCUT2D eigenvalue weighted by Gasteiger charge is 2.21. The van der Waals surface area contributed by atoms with Gasteiger partial charge in [0.15, 0.2) is 0 Å². The minimum absolute atomic E-state index is 0.125. The number of benzene rings is 1. The normalized spacial score (nSPS) is 14.4. The van der Waals surface area contributed by atoms with E-state index in [-0.39, 0.29) is 11.9 Å². The van der Waals surface area contributed by atoms with Crippen LogP contribution in [0.15, 0.2) is 24.3 Å². The van der Waals surface area contributed by atoms with Crippen LogP contribution in [-0.2, 0) is 14.3 Å². The first kappa shape index (κ1) is 20.6. The van der Waals surface area contributed by atoms with Crippen LogP contribution in [0.4, 0.5) is 5.69 Å². The van der Waals surface area contributed by atoms with E-state index in [0.29, 0.717) is 19.4 Å². The number of carbonyl (C=O) groups is 2. The van der Waals surface area contributed by atoms with Crippen LogP contribution in [0.1, 0.15) is 45.4 Å². The van der Waals surface area contributed by atoms with E-state index in [1.807, 2.05) is 36.1 Å². The highest BCUT2D eigenvalue weighted by molar-refractivity contribution is 6.33. The summed E-state index contributed by atoms with van der Waals surface area (Å²) in [5.41, 5.74) is 1.04. The fourth-order valence-corrected chi connectivity index (χ4v) is 3.45. The van der Waals surface area contributed by atoms with Crippen molar-refractivity contribution < 1.29 is 14.3 Å². The number of para-hydroxylation sites is 1. The first-order chi connectivity index (χ1) is 12.6. The summed E-state index contributed by atoms with van der Waals surface area (Å²) in [6.07, 6.45) is 4.73. The predicted molar refractivity (Wildman–Crippen MR) is 105 cm³/mol. The number of amides is 1. The highest BCUT2D eigenvalue weighted by Crippen LogP contribution is 2.26. The van der Waals surface area contributed by atoms with Crippen LogP contribution in [0.2, 0.25) is 5.02 Å². The Hall–Kier alpha value is -1.75. The van der Waals surface area contributed by atoms with Crippen molar-refractivity contribution in [3.05, 3.63) is 29.3 Å². The second-order valence-electron chi connectivity index (χ2n) is 6.54. The molecule has 0 radical (unpaired) electrons. The number of rotatable bonds is 9. The summed E-state index contributed by atoms with van der Waals surface area (Å²) in [5.74, 6) is 0.106. The fraction of sp³-hybridized carbons (Fsp3) is 0.600. The van der Waals surface area contributed by atoms with E-state index in [2.05, 4.69) is 4.90 Å². The second kappa shape index (κ2) is 11.1. The smallest absolute Gasteiger partial charge is 0.305 e. The van der Waals surface area contributed by atoms with Gasteiger partial charge < -0.3 is 14.5 Å². The van der Waals surface area contributed by atoms with Gasteiger partial charge in [-0.15, -0.1) is 0 Å². The van der Waals surface area contributed by atoms with Gasteiger partial charge in [0.2, 0.25) is 5.91 Å². The van der Waals surface area contributed by atoms with Crippen LogP contribution in [0, 0.1) is 0 Å². The molecule has 26 heavy (non-hydrogen) atoms. The molecule has 1 aliphatic heterocycles. The Bertz CT molecular complexity index is 586. The van der Waals surface area contributed by atoms with Crippen molar-refractivity contribution in [2.75, 3.05) is 37.7 Å².